The first-order valence-corrected chi connectivity index (χ1v) is 27.7. The molecule has 59 heavy (non-hydrogen) atoms. The van der Waals surface area contributed by atoms with Crippen LogP contribution in [0.25, 0.3) is 10.8 Å². The van der Waals surface area contributed by atoms with Gasteiger partial charge in [-0.25, -0.2) is 0 Å². The summed E-state index contributed by atoms with van der Waals surface area (Å²) in [6, 6.07) is 7.50. The summed E-state index contributed by atoms with van der Waals surface area (Å²) in [4.78, 5) is 0. The van der Waals surface area contributed by atoms with Crippen molar-refractivity contribution in [2.45, 2.75) is 317 Å². The normalized spacial score (nSPS) is 11.7. The molecule has 0 radical (unpaired) electrons. The summed E-state index contributed by atoms with van der Waals surface area (Å²) in [5, 5.41) is 3.33. The van der Waals surface area contributed by atoms with Gasteiger partial charge in [0.05, 0.1) is 0 Å². The van der Waals surface area contributed by atoms with E-state index in [9.17, 15) is 0 Å². The van der Waals surface area contributed by atoms with Crippen molar-refractivity contribution in [1.82, 2.24) is 0 Å². The zero-order chi connectivity index (χ0) is 42.3. The molecule has 342 valence electrons. The van der Waals surface area contributed by atoms with Gasteiger partial charge in [-0.05, 0) is 96.9 Å². The lowest BCUT2D eigenvalue weighted by Gasteiger charge is -2.24. The molecule has 0 unspecified atom stereocenters. The van der Waals surface area contributed by atoms with Gasteiger partial charge in [0.2, 0.25) is 0 Å². The molecule has 0 atom stereocenters. The number of rotatable bonds is 44. The third-order valence-corrected chi connectivity index (χ3v) is 14.2. The third-order valence-electron chi connectivity index (χ3n) is 14.2. The molecule has 0 nitrogen and oxygen atoms in total. The molecule has 0 amide bonds. The Morgan fingerprint density at radius 1 is 0.271 bits per heavy atom. The molecule has 0 bridgehead atoms. The van der Waals surface area contributed by atoms with Gasteiger partial charge in [-0.1, -0.05) is 277 Å². The van der Waals surface area contributed by atoms with Gasteiger partial charge < -0.3 is 0 Å². The molecule has 0 aliphatic heterocycles. The van der Waals surface area contributed by atoms with Crippen LogP contribution in [0.15, 0.2) is 18.2 Å². The Labute approximate surface area is 372 Å². The highest BCUT2D eigenvalue weighted by Crippen LogP contribution is 2.37. The van der Waals surface area contributed by atoms with E-state index in [0.717, 1.165) is 0 Å². The first kappa shape index (κ1) is 53.8. The summed E-state index contributed by atoms with van der Waals surface area (Å²) in [6.07, 6.45) is 62.2. The SMILES string of the molecule is CCCCCCCCCCCCc1c(CCCCCCCCCCCC)c(CCCCCCCCCCCC)c2c(CCCCCCCCCCCC)cccc2c1C. The number of hydrogen-bond acceptors (Lipinski definition) is 0. The average Bonchev–Trinajstić information content (AvgIpc) is 3.25. The maximum atomic E-state index is 2.55. The second-order valence-electron chi connectivity index (χ2n) is 19.6. The van der Waals surface area contributed by atoms with Gasteiger partial charge in [0.25, 0.3) is 0 Å². The number of aryl methyl sites for hydroxylation is 3. The fraction of sp³-hybridized carbons (Fsp3) is 0.831. The minimum Gasteiger partial charge on any atom is -0.0654 e. The first-order valence-electron chi connectivity index (χ1n) is 27.7. The van der Waals surface area contributed by atoms with E-state index in [2.05, 4.69) is 52.8 Å². The van der Waals surface area contributed by atoms with Crippen LogP contribution in [-0.4, -0.2) is 0 Å². The zero-order valence-corrected chi connectivity index (χ0v) is 41.3. The standard InChI is InChI=1S/C59H106/c1-6-10-14-18-22-26-30-34-38-42-47-54-48-46-52-56-53(5)55(49-43-39-35-31-27-23-19-15-11-7-2)57(50-44-40-36-32-28-24-20-16-12-8-3)58(59(54)56)51-45-41-37-33-29-25-21-17-13-9-4/h46,48,52H,6-45,47,49-51H2,1-5H3. The van der Waals surface area contributed by atoms with E-state index in [-0.39, 0.29) is 0 Å². The van der Waals surface area contributed by atoms with Gasteiger partial charge >= 0.3 is 0 Å². The summed E-state index contributed by atoms with van der Waals surface area (Å²) >= 11 is 0. The molecular formula is C59H106. The summed E-state index contributed by atoms with van der Waals surface area (Å²) in [5.41, 5.74) is 8.76. The first-order chi connectivity index (χ1) is 29.2. The van der Waals surface area contributed by atoms with E-state index in [1.54, 1.807) is 27.5 Å². The van der Waals surface area contributed by atoms with Gasteiger partial charge in [-0.3, -0.25) is 0 Å². The molecule has 0 spiro atoms. The maximum Gasteiger partial charge on any atom is -0.0114 e. The van der Waals surface area contributed by atoms with Gasteiger partial charge in [0.15, 0.2) is 0 Å². The molecule has 0 aliphatic rings. The highest BCUT2D eigenvalue weighted by Gasteiger charge is 2.19. The fourth-order valence-electron chi connectivity index (χ4n) is 10.3. The van der Waals surface area contributed by atoms with Crippen molar-refractivity contribution >= 4 is 10.8 Å². The molecule has 0 aliphatic carbocycles. The van der Waals surface area contributed by atoms with Crippen LogP contribution in [0.1, 0.15) is 312 Å². The largest absolute Gasteiger partial charge is 0.0654 e. The van der Waals surface area contributed by atoms with Crippen molar-refractivity contribution in [2.75, 3.05) is 0 Å². The van der Waals surface area contributed by atoms with E-state index in [1.807, 2.05) is 11.1 Å². The van der Waals surface area contributed by atoms with E-state index < -0.39 is 0 Å². The van der Waals surface area contributed by atoms with Crippen LogP contribution < -0.4 is 0 Å². The van der Waals surface area contributed by atoms with Crippen LogP contribution in [-0.2, 0) is 25.7 Å². The van der Waals surface area contributed by atoms with Crippen LogP contribution in [0, 0.1) is 6.92 Å². The second kappa shape index (κ2) is 39.5. The number of benzene rings is 2. The van der Waals surface area contributed by atoms with Crippen LogP contribution in [0.2, 0.25) is 0 Å². The average molecular weight is 815 g/mol. The summed E-state index contributed by atoms with van der Waals surface area (Å²) < 4.78 is 0. The fourth-order valence-corrected chi connectivity index (χ4v) is 10.3. The molecule has 0 heterocycles. The van der Waals surface area contributed by atoms with E-state index in [1.165, 1.54) is 283 Å². The number of hydrogen-bond donors (Lipinski definition) is 0. The highest BCUT2D eigenvalue weighted by atomic mass is 14.2. The summed E-state index contributed by atoms with van der Waals surface area (Å²) in [5.74, 6) is 0. The lowest BCUT2D eigenvalue weighted by molar-refractivity contribution is 0.551. The van der Waals surface area contributed by atoms with E-state index in [4.69, 9.17) is 0 Å². The molecule has 0 saturated carbocycles. The van der Waals surface area contributed by atoms with Crippen molar-refractivity contribution in [3.63, 3.8) is 0 Å². The Balaban J connectivity index is 2.22. The van der Waals surface area contributed by atoms with Gasteiger partial charge in [0, 0.05) is 0 Å². The topological polar surface area (TPSA) is 0 Å². The van der Waals surface area contributed by atoms with E-state index in [0.29, 0.717) is 0 Å². The predicted molar refractivity (Wildman–Crippen MR) is 271 cm³/mol. The lowest BCUT2D eigenvalue weighted by atomic mass is 9.81. The van der Waals surface area contributed by atoms with Crippen molar-refractivity contribution in [1.29, 1.82) is 0 Å². The molecule has 2 aromatic carbocycles. The molecule has 0 fully saturated rings. The minimum absolute atomic E-state index is 1.27. The minimum atomic E-state index is 1.27. The van der Waals surface area contributed by atoms with Crippen molar-refractivity contribution in [2.24, 2.45) is 0 Å². The van der Waals surface area contributed by atoms with Crippen LogP contribution in [0.3, 0.4) is 0 Å². The van der Waals surface area contributed by atoms with Crippen molar-refractivity contribution in [3.05, 3.63) is 46.0 Å². The van der Waals surface area contributed by atoms with Crippen molar-refractivity contribution < 1.29 is 0 Å². The molecule has 2 rings (SSSR count). The smallest absolute Gasteiger partial charge is 0.0114 e. The van der Waals surface area contributed by atoms with Crippen molar-refractivity contribution in [3.8, 4) is 0 Å². The molecule has 0 N–H and O–H groups in total. The Bertz CT molecular complexity index is 1200. The molecule has 0 heteroatoms. The quantitative estimate of drug-likeness (QED) is 0.0585. The van der Waals surface area contributed by atoms with Crippen LogP contribution in [0.5, 0.6) is 0 Å². The van der Waals surface area contributed by atoms with Crippen LogP contribution >= 0.6 is 0 Å². The Morgan fingerprint density at radius 3 is 0.881 bits per heavy atom. The maximum absolute atomic E-state index is 2.55. The zero-order valence-electron chi connectivity index (χ0n) is 41.3. The second-order valence-corrected chi connectivity index (χ2v) is 19.6. The van der Waals surface area contributed by atoms with E-state index >= 15 is 0 Å². The van der Waals surface area contributed by atoms with Gasteiger partial charge in [-0.15, -0.1) is 0 Å². The van der Waals surface area contributed by atoms with Gasteiger partial charge in [0.1, 0.15) is 0 Å². The molecule has 2 aromatic rings. The summed E-state index contributed by atoms with van der Waals surface area (Å²) in [6.45, 7) is 11.9. The predicted octanol–water partition coefficient (Wildman–Crippen LogP) is 21.0. The molecule has 0 saturated heterocycles. The third kappa shape index (κ3) is 26.1. The van der Waals surface area contributed by atoms with Gasteiger partial charge in [-0.2, -0.15) is 0 Å². The summed E-state index contributed by atoms with van der Waals surface area (Å²) in [7, 11) is 0. The lowest BCUT2D eigenvalue weighted by Crippen LogP contribution is -2.08. The molecule has 0 aromatic heterocycles. The Morgan fingerprint density at radius 2 is 0.542 bits per heavy atom. The number of unbranched alkanes of at least 4 members (excludes halogenated alkanes) is 36. The highest BCUT2D eigenvalue weighted by molar-refractivity contribution is 5.93. The monoisotopic (exact) mass is 815 g/mol. The van der Waals surface area contributed by atoms with Crippen LogP contribution in [0.4, 0.5) is 0 Å². The Kier molecular flexibility index (Phi) is 36.1. The number of fused-ring (bicyclic) bond motifs is 1. The molecular weight excluding hydrogens is 709 g/mol. The Hall–Kier alpha value is -1.30.